The third kappa shape index (κ3) is 3.50. The predicted molar refractivity (Wildman–Crippen MR) is 134 cm³/mol. The molecule has 2 nitrogen and oxygen atoms in total. The van der Waals surface area contributed by atoms with E-state index in [1.54, 1.807) is 0 Å². The molecule has 0 atom stereocenters. The minimum absolute atomic E-state index is 0.559. The van der Waals surface area contributed by atoms with Gasteiger partial charge in [-0.1, -0.05) is 85.4 Å². The van der Waals surface area contributed by atoms with Crippen molar-refractivity contribution in [3.8, 4) is 11.5 Å². The first-order valence-corrected chi connectivity index (χ1v) is 12.4. The van der Waals surface area contributed by atoms with Crippen LogP contribution in [0.15, 0.2) is 131 Å². The van der Waals surface area contributed by atoms with E-state index in [-0.39, 0.29) is 0 Å². The number of benzene rings is 4. The van der Waals surface area contributed by atoms with E-state index in [1.807, 2.05) is 48.5 Å². The zero-order valence-corrected chi connectivity index (χ0v) is 18.6. The summed E-state index contributed by atoms with van der Waals surface area (Å²) in [6.45, 7) is 0. The van der Waals surface area contributed by atoms with Crippen LogP contribution in [0.3, 0.4) is 0 Å². The van der Waals surface area contributed by atoms with Crippen molar-refractivity contribution in [1.29, 1.82) is 0 Å². The largest absolute Gasteiger partial charge is 0.426 e. The summed E-state index contributed by atoms with van der Waals surface area (Å²) in [4.78, 5) is 5.09. The van der Waals surface area contributed by atoms with Crippen molar-refractivity contribution < 1.29 is 4.42 Å². The van der Waals surface area contributed by atoms with Gasteiger partial charge in [-0.2, -0.15) is 4.98 Å². The Labute approximate surface area is 188 Å². The molecular weight excluding hydrogens is 417 g/mol. The van der Waals surface area contributed by atoms with Gasteiger partial charge in [0.15, 0.2) is 7.26 Å². The minimum Gasteiger partial charge on any atom is -0.426 e. The van der Waals surface area contributed by atoms with Crippen molar-refractivity contribution in [1.82, 2.24) is 4.98 Å². The summed E-state index contributed by atoms with van der Waals surface area (Å²) in [5.74, 6) is 0.591. The van der Waals surface area contributed by atoms with Crippen LogP contribution in [-0.2, 0) is 0 Å². The second-order valence-corrected chi connectivity index (χ2v) is 10.9. The highest BCUT2D eigenvalue weighted by atomic mass is 32.1. The van der Waals surface area contributed by atoms with Gasteiger partial charge in [-0.05, 0) is 48.5 Å². The summed E-state index contributed by atoms with van der Waals surface area (Å²) in [6, 6.07) is 41.8. The second-order valence-electron chi connectivity index (χ2n) is 7.19. The predicted octanol–water partition coefficient (Wildman–Crippen LogP) is 5.25. The molecule has 5 rings (SSSR count). The van der Waals surface area contributed by atoms with Crippen molar-refractivity contribution in [2.45, 2.75) is 5.09 Å². The monoisotopic (exact) mass is 438 g/mol. The lowest BCUT2D eigenvalue weighted by atomic mass is 10.2. The average molecular weight is 439 g/mol. The lowest BCUT2D eigenvalue weighted by Gasteiger charge is -2.25. The number of oxazole rings is 1. The molecule has 0 fully saturated rings. The van der Waals surface area contributed by atoms with Gasteiger partial charge in [0.05, 0.1) is 0 Å². The lowest BCUT2D eigenvalue weighted by Crippen LogP contribution is -2.39. The topological polar surface area (TPSA) is 26.0 Å². The molecule has 1 heterocycles. The molecule has 1 aromatic heterocycles. The Morgan fingerprint density at radius 2 is 0.935 bits per heavy atom. The molecule has 150 valence electrons. The van der Waals surface area contributed by atoms with Gasteiger partial charge in [-0.3, -0.25) is 0 Å². The molecule has 0 aliphatic carbocycles. The first-order valence-electron chi connectivity index (χ1n) is 10.1. The van der Waals surface area contributed by atoms with Gasteiger partial charge in [-0.25, -0.2) is 0 Å². The Hall–Kier alpha value is -3.13. The Bertz CT molecular complexity index is 1180. The Morgan fingerprint density at radius 1 is 0.548 bits per heavy atom. The lowest BCUT2D eigenvalue weighted by molar-refractivity contribution is 0.489. The van der Waals surface area contributed by atoms with E-state index in [1.165, 1.54) is 15.9 Å². The zero-order valence-electron chi connectivity index (χ0n) is 16.8. The van der Waals surface area contributed by atoms with Crippen LogP contribution in [0.5, 0.6) is 0 Å². The Kier molecular flexibility index (Phi) is 5.46. The number of hydrogen-bond donors (Lipinski definition) is 1. The average Bonchev–Trinajstić information content (AvgIpc) is 3.24. The Balaban J connectivity index is 1.87. The highest BCUT2D eigenvalue weighted by Crippen LogP contribution is 2.55. The van der Waals surface area contributed by atoms with Gasteiger partial charge in [0.2, 0.25) is 11.0 Å². The molecule has 4 heteroatoms. The van der Waals surface area contributed by atoms with Gasteiger partial charge in [-0.15, -0.1) is 0 Å². The number of hydrogen-bond acceptors (Lipinski definition) is 3. The van der Waals surface area contributed by atoms with E-state index in [4.69, 9.17) is 22.0 Å². The molecule has 0 saturated carbocycles. The van der Waals surface area contributed by atoms with E-state index >= 15 is 0 Å². The standard InChI is InChI=1S/C27H20NOPS/c31-27-26(28-25(29-27)21-13-5-1-6-14-21)30(22-15-7-2-8-16-22,23-17-9-3-10-18-23)24-19-11-4-12-20-24/h1-20H/p+1. The maximum Gasteiger partial charge on any atom is 0.250 e. The Morgan fingerprint density at radius 3 is 1.35 bits per heavy atom. The number of thiol groups is 1. The van der Waals surface area contributed by atoms with Crippen molar-refractivity contribution in [3.05, 3.63) is 121 Å². The fraction of sp³-hybridized carbons (Fsp3) is 0. The van der Waals surface area contributed by atoms with Crippen LogP contribution in [-0.4, -0.2) is 4.98 Å². The molecule has 0 saturated heterocycles. The fourth-order valence-electron chi connectivity index (χ4n) is 4.00. The summed E-state index contributed by atoms with van der Waals surface area (Å²) >= 11 is 4.81. The summed E-state index contributed by atoms with van der Waals surface area (Å²) < 4.78 is 6.15. The fourth-order valence-corrected chi connectivity index (χ4v) is 8.64. The highest BCUT2D eigenvalue weighted by Gasteiger charge is 2.52. The second kappa shape index (κ2) is 8.55. The normalized spacial score (nSPS) is 11.4. The van der Waals surface area contributed by atoms with E-state index in [0.29, 0.717) is 11.0 Å². The first-order chi connectivity index (χ1) is 15.3. The SMILES string of the molecule is Sc1oc(-c2ccccc2)nc1[P+](c1ccccc1)(c1ccccc1)c1ccccc1. The number of rotatable bonds is 5. The molecule has 0 N–H and O–H groups in total. The van der Waals surface area contributed by atoms with Crippen LogP contribution in [0.1, 0.15) is 0 Å². The maximum atomic E-state index is 6.15. The van der Waals surface area contributed by atoms with E-state index < -0.39 is 7.26 Å². The molecule has 0 aliphatic heterocycles. The third-order valence-corrected chi connectivity index (χ3v) is 10.00. The summed E-state index contributed by atoms with van der Waals surface area (Å²) in [6.07, 6.45) is 0. The molecule has 0 amide bonds. The zero-order chi connectivity index (χ0) is 21.1. The molecule has 0 aliphatic rings. The quantitative estimate of drug-likeness (QED) is 0.300. The molecule has 4 aromatic carbocycles. The van der Waals surface area contributed by atoms with Gasteiger partial charge in [0, 0.05) is 5.56 Å². The summed E-state index contributed by atoms with van der Waals surface area (Å²) in [7, 11) is -2.32. The number of aromatic nitrogens is 1. The smallest absolute Gasteiger partial charge is 0.250 e. The molecule has 5 aromatic rings. The van der Waals surface area contributed by atoms with Crippen LogP contribution in [0.2, 0.25) is 0 Å². The van der Waals surface area contributed by atoms with Crippen molar-refractivity contribution in [3.63, 3.8) is 0 Å². The van der Waals surface area contributed by atoms with Crippen molar-refractivity contribution >= 4 is 41.2 Å². The maximum absolute atomic E-state index is 6.15. The molecule has 31 heavy (non-hydrogen) atoms. The molecule has 0 bridgehead atoms. The van der Waals surface area contributed by atoms with Gasteiger partial charge >= 0.3 is 0 Å². The molecular formula is C27H21NOPS+. The van der Waals surface area contributed by atoms with E-state index in [9.17, 15) is 0 Å². The molecule has 0 radical (unpaired) electrons. The van der Waals surface area contributed by atoms with Gasteiger partial charge < -0.3 is 4.42 Å². The van der Waals surface area contributed by atoms with E-state index in [0.717, 1.165) is 11.0 Å². The third-order valence-electron chi connectivity index (χ3n) is 5.36. The first kappa shape index (κ1) is 19.8. The highest BCUT2D eigenvalue weighted by molar-refractivity contribution is 8.02. The van der Waals surface area contributed by atoms with E-state index in [2.05, 4.69) is 72.8 Å². The summed E-state index contributed by atoms with van der Waals surface area (Å²) in [5, 5.41) is 4.21. The number of nitrogens with zero attached hydrogens (tertiary/aromatic N) is 1. The molecule has 0 spiro atoms. The molecule has 0 unspecified atom stereocenters. The van der Waals surface area contributed by atoms with Crippen molar-refractivity contribution in [2.24, 2.45) is 0 Å². The van der Waals surface area contributed by atoms with Crippen LogP contribution < -0.4 is 21.3 Å². The van der Waals surface area contributed by atoms with Gasteiger partial charge in [0.1, 0.15) is 15.9 Å². The van der Waals surface area contributed by atoms with Gasteiger partial charge in [0.25, 0.3) is 5.44 Å². The van der Waals surface area contributed by atoms with Crippen LogP contribution in [0.25, 0.3) is 11.5 Å². The summed E-state index contributed by atoms with van der Waals surface area (Å²) in [5.41, 5.74) is 1.83. The van der Waals surface area contributed by atoms with Crippen LogP contribution in [0, 0.1) is 0 Å². The van der Waals surface area contributed by atoms with Crippen LogP contribution >= 0.6 is 19.9 Å². The van der Waals surface area contributed by atoms with Crippen molar-refractivity contribution in [2.75, 3.05) is 0 Å². The minimum atomic E-state index is -2.32. The van der Waals surface area contributed by atoms with Crippen LogP contribution in [0.4, 0.5) is 0 Å².